The molecule has 5 aliphatic carbocycles. The van der Waals surface area contributed by atoms with Gasteiger partial charge in [0.2, 0.25) is 0 Å². The molecule has 4 unspecified atom stereocenters. The second-order valence-corrected chi connectivity index (χ2v) is 4.70. The average Bonchev–Trinajstić information content (AvgIpc) is 2.24. The Morgan fingerprint density at radius 3 is 1.67 bits per heavy atom. The molecule has 0 aromatic carbocycles. The fraction of sp³-hybridized carbons (Fsp3) is 1.00. The van der Waals surface area contributed by atoms with Crippen LogP contribution in [-0.2, 0) is 0 Å². The fourth-order valence-electron chi connectivity index (χ4n) is 4.81. The number of hydrogen-bond donors (Lipinski definition) is 0. The fourth-order valence-corrected chi connectivity index (χ4v) is 4.81. The van der Waals surface area contributed by atoms with Gasteiger partial charge < -0.3 is 0 Å². The van der Waals surface area contributed by atoms with Crippen LogP contribution in [0.15, 0.2) is 0 Å². The molecule has 0 saturated heterocycles. The maximum absolute atomic E-state index is 1.65. The van der Waals surface area contributed by atoms with Gasteiger partial charge >= 0.3 is 0 Å². The quantitative estimate of drug-likeness (QED) is 0.458. The lowest BCUT2D eigenvalue weighted by atomic mass is 9.72. The zero-order valence-corrected chi connectivity index (χ0v) is 5.59. The zero-order chi connectivity index (χ0) is 5.59. The first kappa shape index (κ1) is 4.00. The van der Waals surface area contributed by atoms with E-state index in [4.69, 9.17) is 0 Å². The SMILES string of the molecule is C1C2CC3C1C1CC3C21. The molecule has 5 fully saturated rings. The minimum atomic E-state index is 1.24. The molecule has 5 saturated carbocycles. The molecule has 0 aromatic rings. The third kappa shape index (κ3) is 0.222. The van der Waals surface area contributed by atoms with Crippen molar-refractivity contribution in [2.45, 2.75) is 19.3 Å². The molecular weight excluding hydrogens is 108 g/mol. The van der Waals surface area contributed by atoms with Crippen molar-refractivity contribution in [3.05, 3.63) is 0 Å². The van der Waals surface area contributed by atoms with Crippen LogP contribution in [0.5, 0.6) is 0 Å². The minimum absolute atomic E-state index is 1.24. The zero-order valence-electron chi connectivity index (χ0n) is 5.59. The number of hydrogen-bond acceptors (Lipinski definition) is 0. The van der Waals surface area contributed by atoms with Crippen LogP contribution >= 0.6 is 0 Å². The second kappa shape index (κ2) is 0.889. The minimum Gasteiger partial charge on any atom is -0.0467 e. The van der Waals surface area contributed by atoms with Gasteiger partial charge in [-0.1, -0.05) is 0 Å². The molecule has 9 heavy (non-hydrogen) atoms. The smallest absolute Gasteiger partial charge is 0.0323 e. The lowest BCUT2D eigenvalue weighted by Crippen LogP contribution is -2.26. The molecule has 0 heterocycles. The Kier molecular flexibility index (Phi) is 0.395. The molecule has 0 N–H and O–H groups in total. The Labute approximate surface area is 55.6 Å². The van der Waals surface area contributed by atoms with Gasteiger partial charge in [0.15, 0.2) is 0 Å². The molecule has 0 aromatic heterocycles. The average molecular weight is 120 g/mol. The summed E-state index contributed by atoms with van der Waals surface area (Å²) in [5, 5.41) is 0. The van der Waals surface area contributed by atoms with Crippen LogP contribution in [0.3, 0.4) is 0 Å². The summed E-state index contributed by atoms with van der Waals surface area (Å²) < 4.78 is 0. The van der Waals surface area contributed by atoms with Gasteiger partial charge in [-0.3, -0.25) is 0 Å². The summed E-state index contributed by atoms with van der Waals surface area (Å²) in [7, 11) is 0. The van der Waals surface area contributed by atoms with Crippen molar-refractivity contribution in [3.63, 3.8) is 0 Å². The molecule has 6 bridgehead atoms. The highest BCUT2D eigenvalue weighted by Crippen LogP contribution is 2.77. The van der Waals surface area contributed by atoms with E-state index in [1.54, 1.807) is 19.3 Å². The lowest BCUT2D eigenvalue weighted by molar-refractivity contribution is 0.157. The van der Waals surface area contributed by atoms with Crippen LogP contribution in [-0.4, -0.2) is 0 Å². The van der Waals surface area contributed by atoms with Crippen LogP contribution in [0.25, 0.3) is 0 Å². The van der Waals surface area contributed by atoms with E-state index in [-0.39, 0.29) is 0 Å². The predicted molar refractivity (Wildman–Crippen MR) is 34.8 cm³/mol. The van der Waals surface area contributed by atoms with Crippen LogP contribution in [0.4, 0.5) is 0 Å². The molecule has 0 spiro atoms. The molecule has 0 heteroatoms. The summed E-state index contributed by atoms with van der Waals surface area (Å²) in [5.41, 5.74) is 0. The Morgan fingerprint density at radius 1 is 0.667 bits per heavy atom. The molecule has 48 valence electrons. The van der Waals surface area contributed by atoms with Crippen molar-refractivity contribution in [3.8, 4) is 0 Å². The van der Waals surface area contributed by atoms with Crippen molar-refractivity contribution in [2.24, 2.45) is 35.5 Å². The summed E-state index contributed by atoms with van der Waals surface area (Å²) in [6, 6.07) is 0. The Balaban J connectivity index is 2.04. The molecular formula is C9H12. The molecule has 5 rings (SSSR count). The molecule has 5 aliphatic rings. The first-order chi connectivity index (χ1) is 4.45. The highest BCUT2D eigenvalue weighted by Gasteiger charge is 2.71. The van der Waals surface area contributed by atoms with Crippen LogP contribution in [0, 0.1) is 35.5 Å². The van der Waals surface area contributed by atoms with Gasteiger partial charge in [-0.15, -0.1) is 0 Å². The lowest BCUT2D eigenvalue weighted by Gasteiger charge is -2.32. The van der Waals surface area contributed by atoms with Crippen molar-refractivity contribution in [1.29, 1.82) is 0 Å². The van der Waals surface area contributed by atoms with Gasteiger partial charge in [0.1, 0.15) is 0 Å². The van der Waals surface area contributed by atoms with Crippen LogP contribution in [0.2, 0.25) is 0 Å². The van der Waals surface area contributed by atoms with Crippen molar-refractivity contribution < 1.29 is 0 Å². The molecule has 0 radical (unpaired) electrons. The first-order valence-corrected chi connectivity index (χ1v) is 4.45. The second-order valence-electron chi connectivity index (χ2n) is 4.70. The highest BCUT2D eigenvalue weighted by atomic mass is 14.8. The molecule has 4 atom stereocenters. The Morgan fingerprint density at radius 2 is 1.33 bits per heavy atom. The van der Waals surface area contributed by atoms with Crippen molar-refractivity contribution in [2.75, 3.05) is 0 Å². The first-order valence-electron chi connectivity index (χ1n) is 4.45. The van der Waals surface area contributed by atoms with E-state index < -0.39 is 0 Å². The van der Waals surface area contributed by atoms with E-state index in [0.29, 0.717) is 0 Å². The summed E-state index contributed by atoms with van der Waals surface area (Å²) in [6.45, 7) is 0. The van der Waals surface area contributed by atoms with Gasteiger partial charge in [0.25, 0.3) is 0 Å². The molecule has 0 amide bonds. The van der Waals surface area contributed by atoms with Crippen LogP contribution < -0.4 is 0 Å². The molecule has 0 aliphatic heterocycles. The van der Waals surface area contributed by atoms with Gasteiger partial charge in [0, 0.05) is 0 Å². The van der Waals surface area contributed by atoms with E-state index in [0.717, 1.165) is 0 Å². The van der Waals surface area contributed by atoms with E-state index in [9.17, 15) is 0 Å². The largest absolute Gasteiger partial charge is 0.0467 e. The van der Waals surface area contributed by atoms with Crippen molar-refractivity contribution in [1.82, 2.24) is 0 Å². The summed E-state index contributed by atoms with van der Waals surface area (Å²) in [4.78, 5) is 0. The van der Waals surface area contributed by atoms with E-state index in [1.807, 2.05) is 0 Å². The summed E-state index contributed by atoms with van der Waals surface area (Å²) in [6.07, 6.45) is 4.95. The topological polar surface area (TPSA) is 0 Å². The van der Waals surface area contributed by atoms with Crippen LogP contribution in [0.1, 0.15) is 19.3 Å². The van der Waals surface area contributed by atoms with E-state index in [2.05, 4.69) is 0 Å². The Hall–Kier alpha value is 0. The number of rotatable bonds is 0. The maximum atomic E-state index is 1.65. The van der Waals surface area contributed by atoms with Gasteiger partial charge in [-0.2, -0.15) is 0 Å². The molecule has 0 nitrogen and oxygen atoms in total. The maximum Gasteiger partial charge on any atom is -0.0323 e. The third-order valence-corrected chi connectivity index (χ3v) is 4.88. The van der Waals surface area contributed by atoms with Gasteiger partial charge in [0.05, 0.1) is 0 Å². The standard InChI is InChI=1S/C9H12/c1-4-2-6-5(1)7-3-8(6)9(4)7/h4-9H,1-3H2. The van der Waals surface area contributed by atoms with Crippen molar-refractivity contribution >= 4 is 0 Å². The third-order valence-electron chi connectivity index (χ3n) is 4.88. The van der Waals surface area contributed by atoms with Gasteiger partial charge in [-0.05, 0) is 54.8 Å². The van der Waals surface area contributed by atoms with Gasteiger partial charge in [-0.25, -0.2) is 0 Å². The predicted octanol–water partition coefficient (Wildman–Crippen LogP) is 1.91. The summed E-state index contributed by atoms with van der Waals surface area (Å²) >= 11 is 0. The van der Waals surface area contributed by atoms with E-state index >= 15 is 0 Å². The normalized spacial score (nSPS) is 80.0. The Bertz CT molecular complexity index is 160. The van der Waals surface area contributed by atoms with E-state index in [1.165, 1.54) is 35.5 Å². The summed E-state index contributed by atoms with van der Waals surface area (Å²) in [5.74, 6) is 7.55. The monoisotopic (exact) mass is 120 g/mol. The highest BCUT2D eigenvalue weighted by molar-refractivity contribution is 5.19.